The van der Waals surface area contributed by atoms with E-state index in [9.17, 15) is 29.7 Å². The number of carbonyl (C=O) groups is 3. The summed E-state index contributed by atoms with van der Waals surface area (Å²) < 4.78 is 0.255. The fourth-order valence-electron chi connectivity index (χ4n) is 5.20. The van der Waals surface area contributed by atoms with Gasteiger partial charge in [-0.3, -0.25) is 14.4 Å². The molecule has 216 valence electrons. The smallest absolute Gasteiger partial charge is 0.312 e. The average molecular weight is 527 g/mol. The van der Waals surface area contributed by atoms with Crippen molar-refractivity contribution in [2.45, 2.75) is 118 Å². The number of aliphatic carboxylic acids is 3. The minimum absolute atomic E-state index is 0.255. The van der Waals surface area contributed by atoms with Crippen molar-refractivity contribution in [1.82, 2.24) is 0 Å². The van der Waals surface area contributed by atoms with E-state index >= 15 is 0 Å². The van der Waals surface area contributed by atoms with Gasteiger partial charge in [-0.15, -0.1) is 0 Å². The Labute approximate surface area is 225 Å². The second-order valence-electron chi connectivity index (χ2n) is 10.8. The molecule has 0 aromatic rings. The predicted molar refractivity (Wildman–Crippen MR) is 150 cm³/mol. The van der Waals surface area contributed by atoms with Gasteiger partial charge in [-0.2, -0.15) is 0 Å². The van der Waals surface area contributed by atoms with E-state index in [4.69, 9.17) is 0 Å². The van der Waals surface area contributed by atoms with Crippen LogP contribution >= 0.6 is 0 Å². The Kier molecular flexibility index (Phi) is 20.0. The maximum atomic E-state index is 11.9. The molecule has 0 rings (SSSR count). The van der Waals surface area contributed by atoms with Crippen LogP contribution in [0.15, 0.2) is 12.2 Å². The van der Waals surface area contributed by atoms with Gasteiger partial charge in [-0.05, 0) is 51.4 Å². The summed E-state index contributed by atoms with van der Waals surface area (Å²) in [6, 6.07) is 0. The van der Waals surface area contributed by atoms with E-state index in [1.54, 1.807) is 0 Å². The second kappa shape index (κ2) is 21.1. The fraction of sp³-hybridized carbons (Fsp3) is 0.833. The van der Waals surface area contributed by atoms with E-state index < -0.39 is 35.7 Å². The molecule has 3 N–H and O–H groups in total. The molecule has 3 atom stereocenters. The van der Waals surface area contributed by atoms with Gasteiger partial charge in [0.05, 0.1) is 26.2 Å². The van der Waals surface area contributed by atoms with Gasteiger partial charge in [0.15, 0.2) is 0 Å². The molecule has 0 aliphatic heterocycles. The third-order valence-corrected chi connectivity index (χ3v) is 7.74. The second-order valence-corrected chi connectivity index (χ2v) is 10.8. The lowest BCUT2D eigenvalue weighted by atomic mass is 9.95. The zero-order valence-electron chi connectivity index (χ0n) is 24.1. The van der Waals surface area contributed by atoms with Crippen molar-refractivity contribution >= 4 is 17.9 Å². The molecule has 0 saturated carbocycles. The van der Waals surface area contributed by atoms with Gasteiger partial charge in [0.2, 0.25) is 0 Å². The zero-order chi connectivity index (χ0) is 28.1. The molecule has 0 radical (unpaired) electrons. The topological polar surface area (TPSA) is 112 Å². The minimum atomic E-state index is -0.892. The fourth-order valence-corrected chi connectivity index (χ4v) is 5.20. The summed E-state index contributed by atoms with van der Waals surface area (Å²) in [5.74, 6) is -4.53. The van der Waals surface area contributed by atoms with E-state index in [-0.39, 0.29) is 24.1 Å². The van der Waals surface area contributed by atoms with Crippen LogP contribution in [0, 0.1) is 17.8 Å². The monoisotopic (exact) mass is 526 g/mol. The maximum Gasteiger partial charge on any atom is 0.312 e. The standard InChI is InChI=1S/C30H55NO6/c1-5-9-10-11-12-13-14-15-16-17-18-19-20-21-31(22-25(6-2)28(32)33,23-26(7-3)29(34)35)24-27(8-4)30(36)37/h11-12,25-27H,5-10,13-24H2,1-4H3,(H2-,32,33,34,35,36,37)/p+1/b12-11+. The number of nitrogens with zero attached hydrogens (tertiary/aromatic N) is 1. The first kappa shape index (κ1) is 35.1. The van der Waals surface area contributed by atoms with Crippen molar-refractivity contribution in [1.29, 1.82) is 0 Å². The van der Waals surface area contributed by atoms with Crippen LogP contribution in [0.25, 0.3) is 0 Å². The number of rotatable bonds is 25. The molecule has 0 bridgehead atoms. The molecule has 3 unspecified atom stereocenters. The third kappa shape index (κ3) is 15.8. The van der Waals surface area contributed by atoms with Crippen molar-refractivity contribution in [3.05, 3.63) is 12.2 Å². The van der Waals surface area contributed by atoms with Gasteiger partial charge < -0.3 is 19.8 Å². The highest BCUT2D eigenvalue weighted by molar-refractivity contribution is 5.71. The summed E-state index contributed by atoms with van der Waals surface area (Å²) in [6.45, 7) is 9.18. The Balaban J connectivity index is 5.15. The SMILES string of the molecule is CCCC/C=C/CCCCCCCCC[N+](CC(CC)C(=O)O)(CC(CC)C(=O)O)CC(CC)C(=O)O. The van der Waals surface area contributed by atoms with Crippen molar-refractivity contribution in [2.24, 2.45) is 17.8 Å². The Hall–Kier alpha value is -1.89. The van der Waals surface area contributed by atoms with E-state index in [1.165, 1.54) is 38.5 Å². The number of unbranched alkanes of at least 4 members (excludes halogenated alkanes) is 9. The highest BCUT2D eigenvalue weighted by atomic mass is 16.4. The normalized spacial score (nSPS) is 15.8. The molecule has 0 fully saturated rings. The summed E-state index contributed by atoms with van der Waals surface area (Å²) >= 11 is 0. The average Bonchev–Trinajstić information content (AvgIpc) is 2.86. The number of carboxylic acids is 3. The molecule has 0 spiro atoms. The van der Waals surface area contributed by atoms with Crippen molar-refractivity contribution < 1.29 is 34.2 Å². The summed E-state index contributed by atoms with van der Waals surface area (Å²) in [5, 5.41) is 29.3. The van der Waals surface area contributed by atoms with Gasteiger partial charge in [-0.1, -0.05) is 78.4 Å². The van der Waals surface area contributed by atoms with Crippen LogP contribution in [-0.4, -0.2) is 63.9 Å². The highest BCUT2D eigenvalue weighted by Crippen LogP contribution is 2.25. The van der Waals surface area contributed by atoms with E-state index in [1.807, 2.05) is 20.8 Å². The van der Waals surface area contributed by atoms with Crippen LogP contribution in [0.1, 0.15) is 118 Å². The number of hydrogen-bond donors (Lipinski definition) is 3. The Morgan fingerprint density at radius 3 is 1.27 bits per heavy atom. The van der Waals surface area contributed by atoms with Crippen molar-refractivity contribution in [3.8, 4) is 0 Å². The molecule has 0 saturated heterocycles. The Morgan fingerprint density at radius 2 is 0.919 bits per heavy atom. The summed E-state index contributed by atoms with van der Waals surface area (Å²) in [4.78, 5) is 35.8. The predicted octanol–water partition coefficient (Wildman–Crippen LogP) is 7.00. The van der Waals surface area contributed by atoms with Gasteiger partial charge in [0.25, 0.3) is 0 Å². The number of quaternary nitrogens is 1. The quantitative estimate of drug-likeness (QED) is 0.0670. The number of carboxylic acid groups (broad SMARTS) is 3. The lowest BCUT2D eigenvalue weighted by Crippen LogP contribution is -2.58. The van der Waals surface area contributed by atoms with Crippen LogP contribution in [0.2, 0.25) is 0 Å². The van der Waals surface area contributed by atoms with Crippen molar-refractivity contribution in [3.63, 3.8) is 0 Å². The van der Waals surface area contributed by atoms with E-state index in [0.29, 0.717) is 25.8 Å². The molecular weight excluding hydrogens is 470 g/mol. The lowest BCUT2D eigenvalue weighted by molar-refractivity contribution is -0.935. The Morgan fingerprint density at radius 1 is 0.568 bits per heavy atom. The van der Waals surface area contributed by atoms with Crippen LogP contribution in [-0.2, 0) is 14.4 Å². The molecular formula is C30H56NO6+. The lowest BCUT2D eigenvalue weighted by Gasteiger charge is -2.43. The molecule has 0 aliphatic carbocycles. The highest BCUT2D eigenvalue weighted by Gasteiger charge is 2.40. The first-order chi connectivity index (χ1) is 17.7. The van der Waals surface area contributed by atoms with Gasteiger partial charge in [0, 0.05) is 0 Å². The van der Waals surface area contributed by atoms with Gasteiger partial charge in [0.1, 0.15) is 17.8 Å². The first-order valence-corrected chi connectivity index (χ1v) is 14.8. The third-order valence-electron chi connectivity index (χ3n) is 7.74. The van der Waals surface area contributed by atoms with Crippen LogP contribution in [0.3, 0.4) is 0 Å². The summed E-state index contributed by atoms with van der Waals surface area (Å²) in [6.07, 6.45) is 18.5. The number of allylic oxidation sites excluding steroid dienone is 2. The maximum absolute atomic E-state index is 11.9. The van der Waals surface area contributed by atoms with E-state index in [0.717, 1.165) is 32.1 Å². The summed E-state index contributed by atoms with van der Waals surface area (Å²) in [5.41, 5.74) is 0. The van der Waals surface area contributed by atoms with Crippen LogP contribution in [0.5, 0.6) is 0 Å². The number of hydrogen-bond acceptors (Lipinski definition) is 3. The van der Waals surface area contributed by atoms with Gasteiger partial charge >= 0.3 is 17.9 Å². The Bertz CT molecular complexity index is 603. The van der Waals surface area contributed by atoms with E-state index in [2.05, 4.69) is 19.1 Å². The first-order valence-electron chi connectivity index (χ1n) is 14.8. The molecule has 0 aromatic heterocycles. The molecule has 37 heavy (non-hydrogen) atoms. The minimum Gasteiger partial charge on any atom is -0.481 e. The zero-order valence-corrected chi connectivity index (χ0v) is 24.1. The largest absolute Gasteiger partial charge is 0.481 e. The molecule has 0 amide bonds. The van der Waals surface area contributed by atoms with Crippen LogP contribution in [0.4, 0.5) is 0 Å². The van der Waals surface area contributed by atoms with Gasteiger partial charge in [-0.25, -0.2) is 0 Å². The van der Waals surface area contributed by atoms with Crippen molar-refractivity contribution in [2.75, 3.05) is 26.2 Å². The molecule has 0 aromatic carbocycles. The molecule has 7 nitrogen and oxygen atoms in total. The molecule has 7 heteroatoms. The summed E-state index contributed by atoms with van der Waals surface area (Å²) in [7, 11) is 0. The molecule has 0 aliphatic rings. The van der Waals surface area contributed by atoms with Crippen LogP contribution < -0.4 is 0 Å². The molecule has 0 heterocycles.